The summed E-state index contributed by atoms with van der Waals surface area (Å²) >= 11 is 1.46. The molecular weight excluding hydrogens is 200 g/mol. The Morgan fingerprint density at radius 2 is 2.43 bits per heavy atom. The summed E-state index contributed by atoms with van der Waals surface area (Å²) in [6.45, 7) is 0.497. The lowest BCUT2D eigenvalue weighted by atomic mass is 10.2. The van der Waals surface area contributed by atoms with Crippen LogP contribution in [0.5, 0.6) is 0 Å². The minimum atomic E-state index is -0.0357. The number of aromatic nitrogens is 2. The predicted octanol–water partition coefficient (Wildman–Crippen LogP) is 0.653. The SMILES string of the molecule is CSc1ncc2c(n1)NCN(C)C2=O. The summed E-state index contributed by atoms with van der Waals surface area (Å²) in [7, 11) is 1.74. The predicted molar refractivity (Wildman–Crippen MR) is 54.4 cm³/mol. The van der Waals surface area contributed by atoms with Gasteiger partial charge in [-0.05, 0) is 6.26 Å². The molecule has 5 nitrogen and oxygen atoms in total. The molecule has 1 aliphatic heterocycles. The highest BCUT2D eigenvalue weighted by atomic mass is 32.2. The van der Waals surface area contributed by atoms with E-state index >= 15 is 0 Å². The van der Waals surface area contributed by atoms with Crippen LogP contribution in [0.15, 0.2) is 11.4 Å². The molecule has 2 rings (SSSR count). The average Bonchev–Trinajstić information content (AvgIpc) is 2.23. The van der Waals surface area contributed by atoms with Crippen molar-refractivity contribution in [2.75, 3.05) is 25.3 Å². The quantitative estimate of drug-likeness (QED) is 0.545. The third kappa shape index (κ3) is 1.41. The highest BCUT2D eigenvalue weighted by molar-refractivity contribution is 7.98. The fourth-order valence-corrected chi connectivity index (χ4v) is 1.57. The normalized spacial score (nSPS) is 15.0. The van der Waals surface area contributed by atoms with Crippen molar-refractivity contribution in [1.82, 2.24) is 14.9 Å². The van der Waals surface area contributed by atoms with E-state index in [1.165, 1.54) is 11.8 Å². The van der Waals surface area contributed by atoms with E-state index in [2.05, 4.69) is 15.3 Å². The Bertz CT molecular complexity index is 382. The van der Waals surface area contributed by atoms with Crippen molar-refractivity contribution in [1.29, 1.82) is 0 Å². The summed E-state index contributed by atoms with van der Waals surface area (Å²) in [5, 5.41) is 3.73. The number of carbonyl (C=O) groups is 1. The summed E-state index contributed by atoms with van der Waals surface area (Å²) in [4.78, 5) is 21.5. The molecule has 6 heteroatoms. The zero-order valence-electron chi connectivity index (χ0n) is 7.94. The molecule has 0 atom stereocenters. The van der Waals surface area contributed by atoms with Gasteiger partial charge in [-0.25, -0.2) is 9.97 Å². The van der Waals surface area contributed by atoms with E-state index in [0.717, 1.165) is 0 Å². The Labute approximate surface area is 85.9 Å². The first-order valence-electron chi connectivity index (χ1n) is 4.12. The molecule has 0 spiro atoms. The van der Waals surface area contributed by atoms with Gasteiger partial charge in [0.1, 0.15) is 11.4 Å². The Balaban J connectivity index is 2.44. The molecule has 0 aromatic carbocycles. The maximum absolute atomic E-state index is 11.6. The fraction of sp³-hybridized carbons (Fsp3) is 0.375. The van der Waals surface area contributed by atoms with Gasteiger partial charge in [0.15, 0.2) is 5.16 Å². The lowest BCUT2D eigenvalue weighted by Gasteiger charge is -2.24. The van der Waals surface area contributed by atoms with Crippen LogP contribution in [-0.2, 0) is 0 Å². The smallest absolute Gasteiger partial charge is 0.260 e. The molecule has 14 heavy (non-hydrogen) atoms. The standard InChI is InChI=1S/C8H10N4OS/c1-12-4-10-6-5(7(12)13)3-9-8(11-6)14-2/h3H,4H2,1-2H3,(H,9,10,11). The van der Waals surface area contributed by atoms with Crippen LogP contribution in [0.1, 0.15) is 10.4 Å². The van der Waals surface area contributed by atoms with Crippen LogP contribution < -0.4 is 5.32 Å². The average molecular weight is 210 g/mol. The largest absolute Gasteiger partial charge is 0.352 e. The lowest BCUT2D eigenvalue weighted by Crippen LogP contribution is -2.37. The number of anilines is 1. The van der Waals surface area contributed by atoms with Crippen LogP contribution in [-0.4, -0.2) is 40.7 Å². The molecule has 0 aliphatic carbocycles. The van der Waals surface area contributed by atoms with Gasteiger partial charge >= 0.3 is 0 Å². The van der Waals surface area contributed by atoms with E-state index in [9.17, 15) is 4.79 Å². The summed E-state index contributed by atoms with van der Waals surface area (Å²) in [6, 6.07) is 0. The van der Waals surface area contributed by atoms with Gasteiger partial charge in [0.05, 0.1) is 6.67 Å². The van der Waals surface area contributed by atoms with Crippen molar-refractivity contribution in [3.05, 3.63) is 11.8 Å². The van der Waals surface area contributed by atoms with E-state index in [1.54, 1.807) is 18.1 Å². The molecular formula is C8H10N4OS. The Morgan fingerprint density at radius 3 is 3.14 bits per heavy atom. The van der Waals surface area contributed by atoms with Gasteiger partial charge in [0, 0.05) is 13.2 Å². The minimum absolute atomic E-state index is 0.0357. The van der Waals surface area contributed by atoms with Crippen molar-refractivity contribution >= 4 is 23.5 Å². The number of nitrogens with one attached hydrogen (secondary N) is 1. The van der Waals surface area contributed by atoms with Gasteiger partial charge in [-0.2, -0.15) is 0 Å². The molecule has 0 saturated carbocycles. The first kappa shape index (κ1) is 9.26. The van der Waals surface area contributed by atoms with Crippen LogP contribution in [0.4, 0.5) is 5.82 Å². The van der Waals surface area contributed by atoms with Gasteiger partial charge in [0.2, 0.25) is 0 Å². The maximum atomic E-state index is 11.6. The van der Waals surface area contributed by atoms with Crippen LogP contribution >= 0.6 is 11.8 Å². The number of hydrogen-bond acceptors (Lipinski definition) is 5. The van der Waals surface area contributed by atoms with Crippen molar-refractivity contribution < 1.29 is 4.79 Å². The molecule has 1 aliphatic rings. The molecule has 0 fully saturated rings. The first-order chi connectivity index (χ1) is 6.72. The number of hydrogen-bond donors (Lipinski definition) is 1. The second kappa shape index (κ2) is 3.45. The molecule has 1 amide bonds. The number of fused-ring (bicyclic) bond motifs is 1. The number of amides is 1. The summed E-state index contributed by atoms with van der Waals surface area (Å²) in [5.74, 6) is 0.596. The zero-order chi connectivity index (χ0) is 10.1. The molecule has 0 bridgehead atoms. The number of rotatable bonds is 1. The van der Waals surface area contributed by atoms with E-state index in [4.69, 9.17) is 0 Å². The Morgan fingerprint density at radius 1 is 1.64 bits per heavy atom. The molecule has 0 radical (unpaired) electrons. The second-order valence-electron chi connectivity index (χ2n) is 2.96. The molecule has 1 N–H and O–H groups in total. The molecule has 0 saturated heterocycles. The summed E-state index contributed by atoms with van der Waals surface area (Å²) in [5.41, 5.74) is 0.538. The third-order valence-corrected chi connectivity index (χ3v) is 2.57. The lowest BCUT2D eigenvalue weighted by molar-refractivity contribution is 0.0795. The maximum Gasteiger partial charge on any atom is 0.260 e. The van der Waals surface area contributed by atoms with Gasteiger partial charge in [-0.15, -0.1) is 0 Å². The van der Waals surface area contributed by atoms with Crippen LogP contribution in [0.3, 0.4) is 0 Å². The topological polar surface area (TPSA) is 58.1 Å². The first-order valence-corrected chi connectivity index (χ1v) is 5.35. The molecule has 0 unspecified atom stereocenters. The highest BCUT2D eigenvalue weighted by Gasteiger charge is 2.22. The van der Waals surface area contributed by atoms with Gasteiger partial charge in [-0.1, -0.05) is 11.8 Å². The van der Waals surface area contributed by atoms with Gasteiger partial charge in [-0.3, -0.25) is 4.79 Å². The second-order valence-corrected chi connectivity index (χ2v) is 3.73. The monoisotopic (exact) mass is 210 g/mol. The molecule has 2 heterocycles. The number of carbonyl (C=O) groups excluding carboxylic acids is 1. The minimum Gasteiger partial charge on any atom is -0.352 e. The summed E-state index contributed by atoms with van der Waals surface area (Å²) < 4.78 is 0. The van der Waals surface area contributed by atoms with Gasteiger partial charge < -0.3 is 10.2 Å². The van der Waals surface area contributed by atoms with E-state index in [0.29, 0.717) is 23.2 Å². The van der Waals surface area contributed by atoms with Crippen LogP contribution in [0.25, 0.3) is 0 Å². The van der Waals surface area contributed by atoms with E-state index < -0.39 is 0 Å². The number of nitrogens with zero attached hydrogens (tertiary/aromatic N) is 3. The van der Waals surface area contributed by atoms with Crippen molar-refractivity contribution in [2.24, 2.45) is 0 Å². The summed E-state index contributed by atoms with van der Waals surface area (Å²) in [6.07, 6.45) is 3.47. The van der Waals surface area contributed by atoms with E-state index in [-0.39, 0.29) is 5.91 Å². The highest BCUT2D eigenvalue weighted by Crippen LogP contribution is 2.20. The van der Waals surface area contributed by atoms with Crippen molar-refractivity contribution in [2.45, 2.75) is 5.16 Å². The van der Waals surface area contributed by atoms with Crippen LogP contribution in [0.2, 0.25) is 0 Å². The Kier molecular flexibility index (Phi) is 2.28. The number of thioether (sulfide) groups is 1. The van der Waals surface area contributed by atoms with E-state index in [1.807, 2.05) is 6.26 Å². The zero-order valence-corrected chi connectivity index (χ0v) is 8.76. The molecule has 1 aromatic heterocycles. The van der Waals surface area contributed by atoms with Gasteiger partial charge in [0.25, 0.3) is 5.91 Å². The molecule has 74 valence electrons. The third-order valence-electron chi connectivity index (χ3n) is 2.01. The fourth-order valence-electron chi connectivity index (χ4n) is 1.23. The van der Waals surface area contributed by atoms with Crippen molar-refractivity contribution in [3.63, 3.8) is 0 Å². The molecule has 1 aromatic rings. The Hall–Kier alpha value is -1.30. The van der Waals surface area contributed by atoms with Crippen LogP contribution in [0, 0.1) is 0 Å². The van der Waals surface area contributed by atoms with Crippen molar-refractivity contribution in [3.8, 4) is 0 Å².